The van der Waals surface area contributed by atoms with Gasteiger partial charge in [-0.2, -0.15) is 0 Å². The molecule has 0 radical (unpaired) electrons. The molecular weight excluding hydrogens is 318 g/mol. The first-order valence-corrected chi connectivity index (χ1v) is 7.87. The summed E-state index contributed by atoms with van der Waals surface area (Å²) in [5, 5.41) is 20.9. The number of carbonyl (C=O) groups is 1. The summed E-state index contributed by atoms with van der Waals surface area (Å²) in [6.07, 6.45) is 1.54. The Labute approximate surface area is 144 Å². The van der Waals surface area contributed by atoms with Crippen LogP contribution in [0.25, 0.3) is 11.0 Å². The number of anilines is 1. The third kappa shape index (κ3) is 3.16. The van der Waals surface area contributed by atoms with E-state index in [1.807, 2.05) is 32.0 Å². The van der Waals surface area contributed by atoms with E-state index >= 15 is 0 Å². The summed E-state index contributed by atoms with van der Waals surface area (Å²) in [7, 11) is 0. The van der Waals surface area contributed by atoms with Crippen molar-refractivity contribution in [3.63, 3.8) is 0 Å². The molecule has 25 heavy (non-hydrogen) atoms. The van der Waals surface area contributed by atoms with Gasteiger partial charge in [-0.15, -0.1) is 0 Å². The van der Waals surface area contributed by atoms with Crippen molar-refractivity contribution < 1.29 is 14.3 Å². The zero-order valence-corrected chi connectivity index (χ0v) is 14.3. The third-order valence-electron chi connectivity index (χ3n) is 4.25. The summed E-state index contributed by atoms with van der Waals surface area (Å²) in [5.41, 5.74) is 4.26. The Morgan fingerprint density at radius 2 is 2.00 bits per heavy atom. The van der Waals surface area contributed by atoms with Crippen LogP contribution in [-0.2, 0) is 6.61 Å². The second kappa shape index (κ2) is 6.49. The van der Waals surface area contributed by atoms with Gasteiger partial charge >= 0.3 is 0 Å². The van der Waals surface area contributed by atoms with Gasteiger partial charge in [-0.05, 0) is 50.1 Å². The molecular formula is C19H19N3O3. The maximum atomic E-state index is 12.6. The van der Waals surface area contributed by atoms with Gasteiger partial charge in [-0.3, -0.25) is 15.2 Å². The Bertz CT molecular complexity index is 1040. The first-order valence-electron chi connectivity index (χ1n) is 7.87. The average molecular weight is 337 g/mol. The summed E-state index contributed by atoms with van der Waals surface area (Å²) in [4.78, 5) is 16.7. The Morgan fingerprint density at radius 1 is 1.24 bits per heavy atom. The van der Waals surface area contributed by atoms with Gasteiger partial charge in [0.15, 0.2) is 5.58 Å². The van der Waals surface area contributed by atoms with Gasteiger partial charge in [0, 0.05) is 22.8 Å². The molecule has 128 valence electrons. The predicted molar refractivity (Wildman–Crippen MR) is 94.4 cm³/mol. The lowest BCUT2D eigenvalue weighted by Gasteiger charge is -2.10. The number of aliphatic hydroxyl groups is 1. The van der Waals surface area contributed by atoms with Crippen molar-refractivity contribution in [3.8, 4) is 0 Å². The van der Waals surface area contributed by atoms with E-state index in [2.05, 4.69) is 10.3 Å². The highest BCUT2D eigenvalue weighted by atomic mass is 16.3. The van der Waals surface area contributed by atoms with E-state index < -0.39 is 5.91 Å². The standard InChI is InChI=1S/C19H19N3O3/c1-10-4-5-14(6-11(10)2)22-19(24)16-7-15-13(9-23)8-21-12(3)17(15)25-18(16)20/h4-8,20,23H,9H2,1-3H3,(H,22,24). The zero-order valence-electron chi connectivity index (χ0n) is 14.3. The topological polar surface area (TPSA) is 99.2 Å². The fourth-order valence-corrected chi connectivity index (χ4v) is 2.61. The molecule has 0 atom stereocenters. The summed E-state index contributed by atoms with van der Waals surface area (Å²) in [5.74, 6) is -0.433. The Hall–Kier alpha value is -2.99. The third-order valence-corrected chi connectivity index (χ3v) is 4.25. The van der Waals surface area contributed by atoms with Crippen molar-refractivity contribution in [2.45, 2.75) is 27.4 Å². The van der Waals surface area contributed by atoms with Gasteiger partial charge < -0.3 is 14.8 Å². The van der Waals surface area contributed by atoms with E-state index in [1.165, 1.54) is 0 Å². The molecule has 6 nitrogen and oxygen atoms in total. The predicted octanol–water partition coefficient (Wildman–Crippen LogP) is 2.98. The summed E-state index contributed by atoms with van der Waals surface area (Å²) >= 11 is 0. The van der Waals surface area contributed by atoms with E-state index in [9.17, 15) is 9.90 Å². The van der Waals surface area contributed by atoms with Crippen LogP contribution in [0.5, 0.6) is 0 Å². The smallest absolute Gasteiger partial charge is 0.261 e. The highest BCUT2D eigenvalue weighted by Crippen LogP contribution is 2.21. The molecule has 0 saturated carbocycles. The number of aliphatic hydroxyl groups excluding tert-OH is 1. The number of fused-ring (bicyclic) bond motifs is 1. The molecule has 0 saturated heterocycles. The quantitative estimate of drug-likeness (QED) is 0.684. The molecule has 1 amide bonds. The molecule has 0 bridgehead atoms. The van der Waals surface area contributed by atoms with Gasteiger partial charge in [0.2, 0.25) is 5.55 Å². The first-order chi connectivity index (χ1) is 11.9. The lowest BCUT2D eigenvalue weighted by atomic mass is 10.1. The fourth-order valence-electron chi connectivity index (χ4n) is 2.61. The molecule has 0 aliphatic rings. The summed E-state index contributed by atoms with van der Waals surface area (Å²) in [6.45, 7) is 5.49. The van der Waals surface area contributed by atoms with Gasteiger partial charge in [-0.1, -0.05) is 6.07 Å². The van der Waals surface area contributed by atoms with E-state index in [4.69, 9.17) is 9.83 Å². The van der Waals surface area contributed by atoms with Gasteiger partial charge in [0.1, 0.15) is 5.56 Å². The van der Waals surface area contributed by atoms with Crippen LogP contribution in [0.3, 0.4) is 0 Å². The number of rotatable bonds is 3. The fraction of sp³-hybridized carbons (Fsp3) is 0.211. The lowest BCUT2D eigenvalue weighted by molar-refractivity contribution is 0.102. The van der Waals surface area contributed by atoms with Gasteiger partial charge in [0.05, 0.1) is 12.3 Å². The molecule has 3 N–H and O–H groups in total. The van der Waals surface area contributed by atoms with Crippen molar-refractivity contribution >= 4 is 22.6 Å². The lowest BCUT2D eigenvalue weighted by Crippen LogP contribution is -2.21. The second-order valence-corrected chi connectivity index (χ2v) is 6.01. The molecule has 6 heteroatoms. The molecule has 1 aromatic carbocycles. The van der Waals surface area contributed by atoms with E-state index in [0.29, 0.717) is 27.9 Å². The SMILES string of the molecule is Cc1ccc(NC(=O)c2cc3c(CO)cnc(C)c3oc2=N)cc1C. The Morgan fingerprint density at radius 3 is 2.68 bits per heavy atom. The molecule has 0 fully saturated rings. The number of nitrogens with one attached hydrogen (secondary N) is 2. The molecule has 3 aromatic rings. The van der Waals surface area contributed by atoms with Crippen LogP contribution in [0.1, 0.15) is 32.7 Å². The molecule has 0 aliphatic carbocycles. The average Bonchev–Trinajstić information content (AvgIpc) is 2.58. The monoisotopic (exact) mass is 337 g/mol. The maximum Gasteiger partial charge on any atom is 0.261 e. The van der Waals surface area contributed by atoms with Crippen molar-refractivity contribution in [2.24, 2.45) is 0 Å². The van der Waals surface area contributed by atoms with Gasteiger partial charge in [0.25, 0.3) is 5.91 Å². The molecule has 0 aliphatic heterocycles. The van der Waals surface area contributed by atoms with E-state index in [-0.39, 0.29) is 17.7 Å². The Kier molecular flexibility index (Phi) is 4.37. The van der Waals surface area contributed by atoms with Crippen LogP contribution in [0.2, 0.25) is 0 Å². The highest BCUT2D eigenvalue weighted by Gasteiger charge is 2.15. The van der Waals surface area contributed by atoms with Crippen molar-refractivity contribution in [1.29, 1.82) is 5.41 Å². The summed E-state index contributed by atoms with van der Waals surface area (Å²) < 4.78 is 5.50. The number of nitrogens with zero attached hydrogens (tertiary/aromatic N) is 1. The number of hydrogen-bond acceptors (Lipinski definition) is 5. The zero-order chi connectivity index (χ0) is 18.1. The van der Waals surface area contributed by atoms with E-state index in [1.54, 1.807) is 19.2 Å². The molecule has 3 rings (SSSR count). The van der Waals surface area contributed by atoms with Crippen LogP contribution in [0.15, 0.2) is 34.9 Å². The minimum Gasteiger partial charge on any atom is -0.436 e. The molecule has 0 unspecified atom stereocenters. The Balaban J connectivity index is 2.05. The number of aromatic nitrogens is 1. The van der Waals surface area contributed by atoms with Crippen LogP contribution in [0, 0.1) is 26.2 Å². The number of hydrogen-bond donors (Lipinski definition) is 3. The highest BCUT2D eigenvalue weighted by molar-refractivity contribution is 6.05. The number of aryl methyl sites for hydroxylation is 3. The number of carbonyl (C=O) groups excluding carboxylic acids is 1. The van der Waals surface area contributed by atoms with Crippen molar-refractivity contribution in [2.75, 3.05) is 5.32 Å². The minimum atomic E-state index is -0.433. The van der Waals surface area contributed by atoms with E-state index in [0.717, 1.165) is 11.1 Å². The molecule has 2 aromatic heterocycles. The van der Waals surface area contributed by atoms with Gasteiger partial charge in [-0.25, -0.2) is 0 Å². The van der Waals surface area contributed by atoms with Crippen LogP contribution < -0.4 is 10.9 Å². The summed E-state index contributed by atoms with van der Waals surface area (Å²) in [6, 6.07) is 7.19. The van der Waals surface area contributed by atoms with Crippen molar-refractivity contribution in [1.82, 2.24) is 4.98 Å². The largest absolute Gasteiger partial charge is 0.436 e. The van der Waals surface area contributed by atoms with Crippen LogP contribution in [0.4, 0.5) is 5.69 Å². The molecule has 0 spiro atoms. The molecule has 2 heterocycles. The van der Waals surface area contributed by atoms with Crippen LogP contribution >= 0.6 is 0 Å². The van der Waals surface area contributed by atoms with Crippen LogP contribution in [-0.4, -0.2) is 16.0 Å². The number of benzene rings is 1. The second-order valence-electron chi connectivity index (χ2n) is 6.01. The normalized spacial score (nSPS) is 10.9. The minimum absolute atomic E-state index is 0.103. The first kappa shape index (κ1) is 16.9. The van der Waals surface area contributed by atoms with Crippen molar-refractivity contribution in [3.05, 3.63) is 64.0 Å². The number of amides is 1. The number of pyridine rings is 1. The maximum absolute atomic E-state index is 12.6.